The molecule has 23 heavy (non-hydrogen) atoms. The summed E-state index contributed by atoms with van der Waals surface area (Å²) in [6.45, 7) is 0.617. The zero-order chi connectivity index (χ0) is 16.2. The first-order valence-corrected chi connectivity index (χ1v) is 7.60. The Morgan fingerprint density at radius 2 is 2.26 bits per heavy atom. The number of carbonyl (C=O) groups is 1. The second-order valence-corrected chi connectivity index (χ2v) is 5.54. The molecule has 2 amide bonds. The molecule has 0 saturated carbocycles. The molecule has 1 aliphatic rings. The third-order valence-electron chi connectivity index (χ3n) is 3.99. The number of aromatic nitrogens is 2. The quantitative estimate of drug-likeness (QED) is 0.894. The van der Waals surface area contributed by atoms with Crippen LogP contribution in [0.3, 0.4) is 0 Å². The van der Waals surface area contributed by atoms with Gasteiger partial charge in [0.15, 0.2) is 0 Å². The van der Waals surface area contributed by atoms with E-state index in [1.807, 2.05) is 0 Å². The monoisotopic (exact) mass is 320 g/mol. The number of urea groups is 1. The van der Waals surface area contributed by atoms with E-state index in [-0.39, 0.29) is 17.6 Å². The van der Waals surface area contributed by atoms with E-state index in [9.17, 15) is 13.6 Å². The van der Waals surface area contributed by atoms with Crippen molar-refractivity contribution < 1.29 is 13.6 Å². The van der Waals surface area contributed by atoms with Gasteiger partial charge in [0.25, 0.3) is 6.43 Å². The molecule has 0 unspecified atom stereocenters. The molecule has 0 spiro atoms. The van der Waals surface area contributed by atoms with Gasteiger partial charge in [0.2, 0.25) is 0 Å². The summed E-state index contributed by atoms with van der Waals surface area (Å²) in [5.41, 5.74) is 0.264. The predicted molar refractivity (Wildman–Crippen MR) is 82.3 cm³/mol. The molecule has 1 aromatic heterocycles. The number of piperidine rings is 1. The lowest BCUT2D eigenvalue weighted by atomic mass is 10.0. The number of hydrogen-bond donors (Lipinski definition) is 2. The van der Waals surface area contributed by atoms with Crippen LogP contribution < -0.4 is 5.32 Å². The van der Waals surface area contributed by atoms with Crippen LogP contribution in [0.15, 0.2) is 36.7 Å². The lowest BCUT2D eigenvalue weighted by Gasteiger charge is -2.34. The number of benzene rings is 1. The van der Waals surface area contributed by atoms with Crippen LogP contribution in [-0.4, -0.2) is 27.4 Å². The second kappa shape index (κ2) is 6.76. The summed E-state index contributed by atoms with van der Waals surface area (Å²) in [4.78, 5) is 21.5. The minimum absolute atomic E-state index is 0.107. The van der Waals surface area contributed by atoms with Gasteiger partial charge in [0, 0.05) is 30.2 Å². The number of anilines is 1. The van der Waals surface area contributed by atoms with Gasteiger partial charge in [-0.3, -0.25) is 0 Å². The molecular weight excluding hydrogens is 302 g/mol. The van der Waals surface area contributed by atoms with Crippen LogP contribution in [0.4, 0.5) is 19.3 Å². The van der Waals surface area contributed by atoms with Crippen molar-refractivity contribution in [2.75, 3.05) is 11.9 Å². The molecule has 3 rings (SSSR count). The molecule has 0 radical (unpaired) electrons. The number of carbonyl (C=O) groups excluding carboxylic acids is 1. The maximum atomic E-state index is 12.8. The van der Waals surface area contributed by atoms with Gasteiger partial charge in [-0.2, -0.15) is 0 Å². The molecule has 1 fully saturated rings. The Kier molecular flexibility index (Phi) is 4.55. The second-order valence-electron chi connectivity index (χ2n) is 5.54. The molecule has 7 heteroatoms. The van der Waals surface area contributed by atoms with Crippen molar-refractivity contribution in [3.8, 4) is 0 Å². The molecule has 1 aromatic carbocycles. The van der Waals surface area contributed by atoms with Crippen LogP contribution in [0, 0.1) is 0 Å². The smallest absolute Gasteiger partial charge is 0.322 e. The van der Waals surface area contributed by atoms with Crippen molar-refractivity contribution >= 4 is 11.7 Å². The number of aromatic amines is 1. The highest BCUT2D eigenvalue weighted by Gasteiger charge is 2.29. The van der Waals surface area contributed by atoms with E-state index in [2.05, 4.69) is 15.3 Å². The normalized spacial score (nSPS) is 18.2. The Labute approximate surface area is 132 Å². The highest BCUT2D eigenvalue weighted by molar-refractivity contribution is 5.89. The number of nitrogens with zero attached hydrogens (tertiary/aromatic N) is 2. The van der Waals surface area contributed by atoms with Gasteiger partial charge in [-0.15, -0.1) is 0 Å². The van der Waals surface area contributed by atoms with Crippen molar-refractivity contribution in [3.63, 3.8) is 0 Å². The lowest BCUT2D eigenvalue weighted by molar-refractivity contribution is 0.151. The van der Waals surface area contributed by atoms with E-state index < -0.39 is 6.43 Å². The third-order valence-corrected chi connectivity index (χ3v) is 3.99. The Morgan fingerprint density at radius 3 is 3.00 bits per heavy atom. The Balaban J connectivity index is 1.74. The number of alkyl halides is 2. The van der Waals surface area contributed by atoms with Crippen LogP contribution >= 0.6 is 0 Å². The third kappa shape index (κ3) is 3.49. The molecule has 2 aromatic rings. The topological polar surface area (TPSA) is 61.0 Å². The molecule has 1 saturated heterocycles. The molecular formula is C16H18F2N4O. The first-order chi connectivity index (χ1) is 11.1. The summed E-state index contributed by atoms with van der Waals surface area (Å²) in [5.74, 6) is 0.751. The SMILES string of the molecule is O=C(Nc1cccc(C(F)F)c1)N1CCCC[C@H]1c1ncc[nH]1. The van der Waals surface area contributed by atoms with Crippen LogP contribution in [0.2, 0.25) is 0 Å². The highest BCUT2D eigenvalue weighted by atomic mass is 19.3. The average Bonchev–Trinajstić information content (AvgIpc) is 3.09. The van der Waals surface area contributed by atoms with E-state index in [1.54, 1.807) is 23.4 Å². The van der Waals surface area contributed by atoms with Crippen molar-refractivity contribution in [2.45, 2.75) is 31.7 Å². The highest BCUT2D eigenvalue weighted by Crippen LogP contribution is 2.29. The van der Waals surface area contributed by atoms with Gasteiger partial charge in [-0.25, -0.2) is 18.6 Å². The fraction of sp³-hybridized carbons (Fsp3) is 0.375. The molecule has 2 N–H and O–H groups in total. The number of rotatable bonds is 3. The van der Waals surface area contributed by atoms with Crippen molar-refractivity contribution in [3.05, 3.63) is 48.0 Å². The largest absolute Gasteiger partial charge is 0.347 e. The minimum Gasteiger partial charge on any atom is -0.347 e. The molecule has 2 heterocycles. The molecule has 5 nitrogen and oxygen atoms in total. The van der Waals surface area contributed by atoms with Gasteiger partial charge in [0.05, 0.1) is 6.04 Å². The minimum atomic E-state index is -2.56. The number of nitrogens with one attached hydrogen (secondary N) is 2. The summed E-state index contributed by atoms with van der Waals surface area (Å²) in [6, 6.07) is 5.35. The van der Waals surface area contributed by atoms with Gasteiger partial charge in [-0.1, -0.05) is 12.1 Å². The fourth-order valence-electron chi connectivity index (χ4n) is 2.87. The number of imidazole rings is 1. The Morgan fingerprint density at radius 1 is 1.39 bits per heavy atom. The van der Waals surface area contributed by atoms with Gasteiger partial charge in [-0.05, 0) is 31.4 Å². The van der Waals surface area contributed by atoms with E-state index in [0.29, 0.717) is 12.2 Å². The van der Waals surface area contributed by atoms with Gasteiger partial charge < -0.3 is 15.2 Å². The van der Waals surface area contributed by atoms with Crippen LogP contribution in [0.1, 0.15) is 43.1 Å². The van der Waals surface area contributed by atoms with E-state index in [0.717, 1.165) is 25.1 Å². The van der Waals surface area contributed by atoms with E-state index in [1.165, 1.54) is 18.2 Å². The Bertz CT molecular complexity index is 660. The number of halogens is 2. The van der Waals surface area contributed by atoms with Gasteiger partial charge in [0.1, 0.15) is 5.82 Å². The van der Waals surface area contributed by atoms with E-state index >= 15 is 0 Å². The fourth-order valence-corrected chi connectivity index (χ4v) is 2.87. The predicted octanol–water partition coefficient (Wildman–Crippen LogP) is 4.11. The first-order valence-electron chi connectivity index (χ1n) is 7.60. The zero-order valence-corrected chi connectivity index (χ0v) is 12.5. The first kappa shape index (κ1) is 15.5. The molecule has 1 aliphatic heterocycles. The molecule has 1 atom stereocenters. The number of H-pyrrole nitrogens is 1. The Hall–Kier alpha value is -2.44. The van der Waals surface area contributed by atoms with Crippen molar-refractivity contribution in [2.24, 2.45) is 0 Å². The van der Waals surface area contributed by atoms with Crippen LogP contribution in [0.25, 0.3) is 0 Å². The van der Waals surface area contributed by atoms with Crippen LogP contribution in [0.5, 0.6) is 0 Å². The maximum absolute atomic E-state index is 12.8. The summed E-state index contributed by atoms with van der Waals surface area (Å²) in [7, 11) is 0. The summed E-state index contributed by atoms with van der Waals surface area (Å²) < 4.78 is 25.5. The zero-order valence-electron chi connectivity index (χ0n) is 12.5. The number of hydrogen-bond acceptors (Lipinski definition) is 2. The number of amides is 2. The molecule has 0 aliphatic carbocycles. The number of likely N-dealkylation sites (tertiary alicyclic amines) is 1. The summed E-state index contributed by atoms with van der Waals surface area (Å²) in [5, 5.41) is 2.71. The maximum Gasteiger partial charge on any atom is 0.322 e. The van der Waals surface area contributed by atoms with Crippen LogP contribution in [-0.2, 0) is 0 Å². The lowest BCUT2D eigenvalue weighted by Crippen LogP contribution is -2.41. The average molecular weight is 320 g/mol. The van der Waals surface area contributed by atoms with Crippen molar-refractivity contribution in [1.82, 2.24) is 14.9 Å². The summed E-state index contributed by atoms with van der Waals surface area (Å²) in [6.07, 6.45) is 3.60. The van der Waals surface area contributed by atoms with Gasteiger partial charge >= 0.3 is 6.03 Å². The molecule has 0 bridgehead atoms. The summed E-state index contributed by atoms with van der Waals surface area (Å²) >= 11 is 0. The van der Waals surface area contributed by atoms with Crippen molar-refractivity contribution in [1.29, 1.82) is 0 Å². The standard InChI is InChI=1S/C16H18F2N4O/c17-14(18)11-4-3-5-12(10-11)21-16(23)22-9-2-1-6-13(22)15-19-7-8-20-15/h3-5,7-8,10,13-14H,1-2,6,9H2,(H,19,20)(H,21,23)/t13-/m0/s1. The van der Waals surface area contributed by atoms with E-state index in [4.69, 9.17) is 0 Å². The molecule has 122 valence electrons.